The number of aromatic hydroxyl groups is 2. The highest BCUT2D eigenvalue weighted by Gasteiger charge is 2.52. The van der Waals surface area contributed by atoms with Crippen LogP contribution in [0, 0.1) is 11.8 Å². The topological polar surface area (TPSA) is 51.9 Å². The van der Waals surface area contributed by atoms with Gasteiger partial charge in [0.15, 0.2) is 11.8 Å². The summed E-state index contributed by atoms with van der Waals surface area (Å²) in [6.45, 7) is 5.89. The molecule has 2 aromatic rings. The summed E-state index contributed by atoms with van der Waals surface area (Å²) in [6.07, 6.45) is 9.09. The largest absolute Gasteiger partial charge is 0.494 e. The maximum atomic E-state index is 11.0. The standard InChI is InChI=1S/C26H32ClN3O2/c27-17-4-3-5-18(16-17)29-14-12-28(13-15-29)10-1-2-11-30-25(31)23-21-8-9-22(24(23)26(30)32)20-7-6-19(20)21/h3-5,8-9,16,19-22,31-32H,1-2,6-7,10-15H2. The summed E-state index contributed by atoms with van der Waals surface area (Å²) in [5, 5.41) is 22.7. The Labute approximate surface area is 194 Å². The third-order valence-corrected chi connectivity index (χ3v) is 8.67. The molecule has 7 rings (SSSR count). The predicted molar refractivity (Wildman–Crippen MR) is 128 cm³/mol. The SMILES string of the molecule is Oc1c2c(c(O)n1CCCCN1CCN(c3cccc(Cl)c3)CC1)C1C=CC2C2CCC12. The van der Waals surface area contributed by atoms with Gasteiger partial charge in [-0.2, -0.15) is 0 Å². The molecule has 5 aliphatic rings. The fraction of sp³-hybridized carbons (Fsp3) is 0.538. The van der Waals surface area contributed by atoms with Gasteiger partial charge in [0.2, 0.25) is 0 Å². The first-order valence-corrected chi connectivity index (χ1v) is 12.5. The summed E-state index contributed by atoms with van der Waals surface area (Å²) in [6, 6.07) is 8.11. The highest BCUT2D eigenvalue weighted by Crippen LogP contribution is 2.64. The van der Waals surface area contributed by atoms with Crippen LogP contribution in [-0.2, 0) is 6.54 Å². The maximum absolute atomic E-state index is 11.0. The van der Waals surface area contributed by atoms with Gasteiger partial charge < -0.3 is 15.1 Å². The highest BCUT2D eigenvalue weighted by molar-refractivity contribution is 6.30. The molecule has 6 heteroatoms. The smallest absolute Gasteiger partial charge is 0.198 e. The molecule has 2 bridgehead atoms. The monoisotopic (exact) mass is 453 g/mol. The van der Waals surface area contributed by atoms with E-state index in [9.17, 15) is 10.2 Å². The van der Waals surface area contributed by atoms with Crippen LogP contribution < -0.4 is 4.90 Å². The second-order valence-corrected chi connectivity index (χ2v) is 10.4. The number of piperazine rings is 1. The van der Waals surface area contributed by atoms with E-state index in [0.29, 0.717) is 42.0 Å². The molecule has 4 aliphatic carbocycles. The summed E-state index contributed by atoms with van der Waals surface area (Å²) < 4.78 is 1.78. The van der Waals surface area contributed by atoms with Gasteiger partial charge in [-0.05, 0) is 62.3 Å². The van der Waals surface area contributed by atoms with Gasteiger partial charge >= 0.3 is 0 Å². The lowest BCUT2D eigenvalue weighted by Gasteiger charge is -2.51. The lowest BCUT2D eigenvalue weighted by atomic mass is 9.52. The first-order chi connectivity index (χ1) is 15.6. The average molecular weight is 454 g/mol. The minimum atomic E-state index is 0.302. The van der Waals surface area contributed by atoms with E-state index >= 15 is 0 Å². The maximum Gasteiger partial charge on any atom is 0.198 e. The fourth-order valence-corrected chi connectivity index (χ4v) is 6.78. The number of halogens is 1. The van der Waals surface area contributed by atoms with E-state index in [2.05, 4.69) is 28.0 Å². The van der Waals surface area contributed by atoms with Crippen molar-refractivity contribution >= 4 is 17.3 Å². The Morgan fingerprint density at radius 3 is 2.06 bits per heavy atom. The van der Waals surface area contributed by atoms with Gasteiger partial charge in [0.25, 0.3) is 0 Å². The molecule has 4 unspecified atom stereocenters. The number of nitrogens with zero attached hydrogens (tertiary/aromatic N) is 3. The number of hydrogen-bond donors (Lipinski definition) is 2. The van der Waals surface area contributed by atoms with E-state index in [1.807, 2.05) is 18.2 Å². The van der Waals surface area contributed by atoms with Crippen molar-refractivity contribution < 1.29 is 10.2 Å². The summed E-state index contributed by atoms with van der Waals surface area (Å²) in [4.78, 5) is 4.92. The molecular weight excluding hydrogens is 422 g/mol. The summed E-state index contributed by atoms with van der Waals surface area (Å²) in [5.41, 5.74) is 3.25. The van der Waals surface area contributed by atoms with Gasteiger partial charge in [0.05, 0.1) is 0 Å². The molecule has 4 atom stereocenters. The van der Waals surface area contributed by atoms with Crippen LogP contribution in [-0.4, -0.2) is 52.4 Å². The molecule has 1 aliphatic heterocycles. The Balaban J connectivity index is 1.03. The third-order valence-electron chi connectivity index (χ3n) is 8.43. The van der Waals surface area contributed by atoms with Crippen molar-refractivity contribution in [1.29, 1.82) is 0 Å². The van der Waals surface area contributed by atoms with Crippen molar-refractivity contribution in [2.75, 3.05) is 37.6 Å². The Morgan fingerprint density at radius 1 is 0.844 bits per heavy atom. The van der Waals surface area contributed by atoms with E-state index in [1.165, 1.54) is 18.5 Å². The van der Waals surface area contributed by atoms with Crippen LogP contribution in [0.25, 0.3) is 0 Å². The molecule has 2 N–H and O–H groups in total. The van der Waals surface area contributed by atoms with Crippen LogP contribution in [0.2, 0.25) is 5.02 Å². The minimum absolute atomic E-state index is 0.302. The number of rotatable bonds is 6. The summed E-state index contributed by atoms with van der Waals surface area (Å²) in [5.74, 6) is 2.58. The van der Waals surface area contributed by atoms with E-state index in [-0.39, 0.29) is 0 Å². The molecule has 1 saturated heterocycles. The average Bonchev–Trinajstić information content (AvgIpc) is 3.03. The van der Waals surface area contributed by atoms with Crippen molar-refractivity contribution in [3.63, 3.8) is 0 Å². The lowest BCUT2D eigenvalue weighted by molar-refractivity contribution is 0.114. The van der Waals surface area contributed by atoms with Gasteiger partial charge in [-0.25, -0.2) is 0 Å². The van der Waals surface area contributed by atoms with E-state index in [0.717, 1.165) is 61.7 Å². The molecule has 1 saturated carbocycles. The summed E-state index contributed by atoms with van der Waals surface area (Å²) >= 11 is 6.14. The van der Waals surface area contributed by atoms with E-state index < -0.39 is 0 Å². The second kappa shape index (κ2) is 8.03. The minimum Gasteiger partial charge on any atom is -0.494 e. The van der Waals surface area contributed by atoms with Crippen molar-refractivity contribution in [3.8, 4) is 11.8 Å². The van der Waals surface area contributed by atoms with Gasteiger partial charge in [0, 0.05) is 66.4 Å². The van der Waals surface area contributed by atoms with Crippen molar-refractivity contribution in [2.24, 2.45) is 11.8 Å². The van der Waals surface area contributed by atoms with Crippen molar-refractivity contribution in [3.05, 3.63) is 52.6 Å². The normalized spacial score (nSPS) is 28.5. The zero-order chi connectivity index (χ0) is 21.8. The van der Waals surface area contributed by atoms with Gasteiger partial charge in [-0.3, -0.25) is 9.47 Å². The van der Waals surface area contributed by atoms with Crippen LogP contribution in [0.4, 0.5) is 5.69 Å². The first kappa shape index (κ1) is 20.5. The molecule has 0 spiro atoms. The second-order valence-electron chi connectivity index (χ2n) is 9.98. The Hall–Kier alpha value is -2.11. The van der Waals surface area contributed by atoms with Gasteiger partial charge in [-0.15, -0.1) is 0 Å². The number of benzene rings is 1. The van der Waals surface area contributed by atoms with Crippen LogP contribution in [0.1, 0.15) is 48.6 Å². The fourth-order valence-electron chi connectivity index (χ4n) is 6.60. The van der Waals surface area contributed by atoms with Crippen molar-refractivity contribution in [1.82, 2.24) is 9.47 Å². The molecule has 170 valence electrons. The Bertz CT molecular complexity index is 996. The molecule has 2 fully saturated rings. The van der Waals surface area contributed by atoms with Gasteiger partial charge in [0.1, 0.15) is 0 Å². The molecule has 32 heavy (non-hydrogen) atoms. The number of aromatic nitrogens is 1. The van der Waals surface area contributed by atoms with Crippen LogP contribution in [0.15, 0.2) is 36.4 Å². The Kier molecular flexibility index (Phi) is 5.14. The number of allylic oxidation sites excluding steroid dienone is 2. The van der Waals surface area contributed by atoms with Crippen LogP contribution in [0.5, 0.6) is 11.8 Å². The van der Waals surface area contributed by atoms with Gasteiger partial charge in [-0.1, -0.05) is 29.8 Å². The van der Waals surface area contributed by atoms with E-state index in [4.69, 9.17) is 11.6 Å². The molecule has 0 amide bonds. The molecule has 1 aromatic carbocycles. The Morgan fingerprint density at radius 2 is 1.47 bits per heavy atom. The lowest BCUT2D eigenvalue weighted by Crippen LogP contribution is -2.46. The van der Waals surface area contributed by atoms with Crippen molar-refractivity contribution in [2.45, 2.75) is 44.1 Å². The number of hydrogen-bond acceptors (Lipinski definition) is 4. The number of anilines is 1. The van der Waals surface area contributed by atoms with E-state index in [1.54, 1.807) is 4.57 Å². The highest BCUT2D eigenvalue weighted by atomic mass is 35.5. The zero-order valence-electron chi connectivity index (χ0n) is 18.5. The van der Waals surface area contributed by atoms with Crippen LogP contribution >= 0.6 is 11.6 Å². The molecule has 5 nitrogen and oxygen atoms in total. The third kappa shape index (κ3) is 3.24. The van der Waals surface area contributed by atoms with Crippen LogP contribution in [0.3, 0.4) is 0 Å². The molecule has 0 radical (unpaired) electrons. The quantitative estimate of drug-likeness (QED) is 0.481. The summed E-state index contributed by atoms with van der Waals surface area (Å²) in [7, 11) is 0. The molecule has 2 heterocycles. The predicted octanol–water partition coefficient (Wildman–Crippen LogP) is 4.93. The zero-order valence-corrected chi connectivity index (χ0v) is 19.2. The first-order valence-electron chi connectivity index (χ1n) is 12.2. The molecule has 1 aromatic heterocycles. The number of unbranched alkanes of at least 4 members (excludes halogenated alkanes) is 1. The molecular formula is C26H32ClN3O2.